The van der Waals surface area contributed by atoms with Gasteiger partial charge in [0.05, 0.1) is 7.11 Å². The maximum absolute atomic E-state index is 12.1. The van der Waals surface area contributed by atoms with Crippen molar-refractivity contribution in [1.29, 1.82) is 0 Å². The first kappa shape index (κ1) is 18.6. The molecule has 0 saturated carbocycles. The van der Waals surface area contributed by atoms with E-state index in [9.17, 15) is 9.59 Å². The van der Waals surface area contributed by atoms with Gasteiger partial charge in [0.25, 0.3) is 0 Å². The fraction of sp³-hybridized carbons (Fsp3) is 0.217. The molecule has 0 saturated heterocycles. The summed E-state index contributed by atoms with van der Waals surface area (Å²) in [6.45, 7) is 0.102. The first-order valence-corrected chi connectivity index (χ1v) is 8.95. The van der Waals surface area contributed by atoms with Gasteiger partial charge in [0.2, 0.25) is 5.78 Å². The molecule has 0 aromatic heterocycles. The van der Waals surface area contributed by atoms with Crippen molar-refractivity contribution in [3.8, 4) is 0 Å². The maximum Gasteiger partial charge on any atom is 0.375 e. The largest absolute Gasteiger partial charge is 0.496 e. The molecule has 4 nitrogen and oxygen atoms in total. The summed E-state index contributed by atoms with van der Waals surface area (Å²) in [7, 11) is 1.67. The van der Waals surface area contributed by atoms with E-state index in [1.165, 1.54) is 0 Å². The standard InChI is InChI=1S/C23H22O4/c1-26-22-10-6-5-9-20(22)19-13-11-17(12-14-19)15-21(24)23(25)27-16-18-7-3-2-4-8-18/h2-4,7-14H,5-6,15-16H2,1H3. The molecule has 0 heterocycles. The number of ketones is 1. The van der Waals surface area contributed by atoms with Gasteiger partial charge < -0.3 is 9.47 Å². The van der Waals surface area contributed by atoms with Crippen LogP contribution in [0, 0.1) is 0 Å². The molecule has 1 aliphatic rings. The van der Waals surface area contributed by atoms with Crippen LogP contribution >= 0.6 is 0 Å². The number of ether oxygens (including phenoxy) is 2. The minimum absolute atomic E-state index is 0.0277. The van der Waals surface area contributed by atoms with Gasteiger partial charge in [0, 0.05) is 12.0 Å². The topological polar surface area (TPSA) is 52.6 Å². The Morgan fingerprint density at radius 3 is 2.30 bits per heavy atom. The number of benzene rings is 2. The first-order chi connectivity index (χ1) is 13.2. The lowest BCUT2D eigenvalue weighted by Crippen LogP contribution is -2.19. The highest BCUT2D eigenvalue weighted by atomic mass is 16.5. The number of carbonyl (C=O) groups excluding carboxylic acids is 2. The van der Waals surface area contributed by atoms with Crippen molar-refractivity contribution in [2.45, 2.75) is 25.9 Å². The summed E-state index contributed by atoms with van der Waals surface area (Å²) in [6.07, 6.45) is 6.22. The maximum atomic E-state index is 12.1. The van der Waals surface area contributed by atoms with Crippen LogP contribution in [0.3, 0.4) is 0 Å². The molecule has 3 rings (SSSR count). The van der Waals surface area contributed by atoms with Crippen LogP contribution in [0.5, 0.6) is 0 Å². The summed E-state index contributed by atoms with van der Waals surface area (Å²) >= 11 is 0. The van der Waals surface area contributed by atoms with Gasteiger partial charge in [0.1, 0.15) is 12.4 Å². The molecule has 0 unspecified atom stereocenters. The molecule has 0 N–H and O–H groups in total. The molecule has 0 atom stereocenters. The third-order valence-electron chi connectivity index (χ3n) is 4.40. The van der Waals surface area contributed by atoms with Crippen molar-refractivity contribution in [3.05, 3.63) is 89.2 Å². The van der Waals surface area contributed by atoms with Crippen LogP contribution in [-0.4, -0.2) is 18.9 Å². The Balaban J connectivity index is 1.57. The zero-order valence-electron chi connectivity index (χ0n) is 15.3. The second-order valence-electron chi connectivity index (χ2n) is 6.33. The molecule has 0 radical (unpaired) electrons. The van der Waals surface area contributed by atoms with Gasteiger partial charge in [-0.05, 0) is 35.6 Å². The third kappa shape index (κ3) is 4.94. The number of esters is 1. The third-order valence-corrected chi connectivity index (χ3v) is 4.40. The number of rotatable bonds is 7. The lowest BCUT2D eigenvalue weighted by molar-refractivity contribution is -0.154. The summed E-state index contributed by atoms with van der Waals surface area (Å²) in [4.78, 5) is 24.0. The Kier molecular flexibility index (Phi) is 6.21. The molecule has 0 fully saturated rings. The van der Waals surface area contributed by atoms with E-state index in [1.807, 2.05) is 54.6 Å². The van der Waals surface area contributed by atoms with Crippen LogP contribution in [0.4, 0.5) is 0 Å². The number of Topliss-reactive ketones (excluding diaryl/α,β-unsaturated/α-hetero) is 1. The monoisotopic (exact) mass is 362 g/mol. The molecule has 2 aromatic carbocycles. The van der Waals surface area contributed by atoms with E-state index in [4.69, 9.17) is 9.47 Å². The second-order valence-corrected chi connectivity index (χ2v) is 6.33. The molecule has 138 valence electrons. The van der Waals surface area contributed by atoms with Crippen molar-refractivity contribution < 1.29 is 19.1 Å². The van der Waals surface area contributed by atoms with Crippen molar-refractivity contribution >= 4 is 17.3 Å². The molecule has 0 aliphatic heterocycles. The number of allylic oxidation sites excluding steroid dienone is 3. The Morgan fingerprint density at radius 2 is 1.59 bits per heavy atom. The Labute approximate surface area is 159 Å². The van der Waals surface area contributed by atoms with Crippen LogP contribution in [0.2, 0.25) is 0 Å². The molecule has 2 aromatic rings. The SMILES string of the molecule is COC1=CCCC=C1c1ccc(CC(=O)C(=O)OCc2ccccc2)cc1. The zero-order chi connectivity index (χ0) is 19.1. The fourth-order valence-corrected chi connectivity index (χ4v) is 2.97. The minimum Gasteiger partial charge on any atom is -0.496 e. The van der Waals surface area contributed by atoms with E-state index in [1.54, 1.807) is 7.11 Å². The molecular weight excluding hydrogens is 340 g/mol. The molecule has 4 heteroatoms. The Morgan fingerprint density at radius 1 is 0.889 bits per heavy atom. The van der Waals surface area contributed by atoms with Crippen molar-refractivity contribution in [2.24, 2.45) is 0 Å². The molecule has 0 spiro atoms. The Hall–Kier alpha value is -3.14. The van der Waals surface area contributed by atoms with Gasteiger partial charge in [-0.15, -0.1) is 0 Å². The molecule has 0 bridgehead atoms. The number of methoxy groups -OCH3 is 1. The first-order valence-electron chi connectivity index (χ1n) is 8.95. The van der Waals surface area contributed by atoms with Gasteiger partial charge in [0.15, 0.2) is 0 Å². The zero-order valence-corrected chi connectivity index (χ0v) is 15.3. The lowest BCUT2D eigenvalue weighted by Gasteiger charge is -2.15. The van der Waals surface area contributed by atoms with Gasteiger partial charge in [-0.2, -0.15) is 0 Å². The quantitative estimate of drug-likeness (QED) is 0.546. The van der Waals surface area contributed by atoms with Crippen LogP contribution < -0.4 is 0 Å². The van der Waals surface area contributed by atoms with Crippen LogP contribution in [0.15, 0.2) is 72.5 Å². The van der Waals surface area contributed by atoms with Crippen molar-refractivity contribution in [3.63, 3.8) is 0 Å². The van der Waals surface area contributed by atoms with Gasteiger partial charge >= 0.3 is 5.97 Å². The number of hydrogen-bond acceptors (Lipinski definition) is 4. The van der Waals surface area contributed by atoms with Crippen molar-refractivity contribution in [1.82, 2.24) is 0 Å². The predicted octanol–water partition coefficient (Wildman–Crippen LogP) is 4.25. The number of carbonyl (C=O) groups is 2. The Bertz CT molecular complexity index is 861. The van der Waals surface area contributed by atoms with E-state index in [0.29, 0.717) is 0 Å². The molecule has 27 heavy (non-hydrogen) atoms. The van der Waals surface area contributed by atoms with E-state index < -0.39 is 11.8 Å². The number of hydrogen-bond donors (Lipinski definition) is 0. The summed E-state index contributed by atoms with van der Waals surface area (Å²) in [5.41, 5.74) is 3.72. The summed E-state index contributed by atoms with van der Waals surface area (Å²) < 4.78 is 10.5. The van der Waals surface area contributed by atoms with E-state index in [-0.39, 0.29) is 13.0 Å². The summed E-state index contributed by atoms with van der Waals surface area (Å²) in [5, 5.41) is 0. The van der Waals surface area contributed by atoms with Crippen LogP contribution in [0.1, 0.15) is 29.5 Å². The van der Waals surface area contributed by atoms with Gasteiger partial charge in [-0.1, -0.05) is 60.7 Å². The van der Waals surface area contributed by atoms with Crippen LogP contribution in [0.25, 0.3) is 5.57 Å². The van der Waals surface area contributed by atoms with Crippen LogP contribution in [-0.2, 0) is 32.1 Å². The highest BCUT2D eigenvalue weighted by Gasteiger charge is 2.17. The minimum atomic E-state index is -0.803. The smallest absolute Gasteiger partial charge is 0.375 e. The van der Waals surface area contributed by atoms with E-state index in [2.05, 4.69) is 12.2 Å². The summed E-state index contributed by atoms with van der Waals surface area (Å²) in [5.74, 6) is -0.481. The average Bonchev–Trinajstić information content (AvgIpc) is 2.73. The lowest BCUT2D eigenvalue weighted by atomic mass is 9.96. The van der Waals surface area contributed by atoms with Crippen molar-refractivity contribution in [2.75, 3.05) is 7.11 Å². The normalized spacial score (nSPS) is 13.4. The second kappa shape index (κ2) is 8.99. The summed E-state index contributed by atoms with van der Waals surface area (Å²) in [6, 6.07) is 16.9. The van der Waals surface area contributed by atoms with E-state index >= 15 is 0 Å². The van der Waals surface area contributed by atoms with Gasteiger partial charge in [-0.3, -0.25) is 4.79 Å². The predicted molar refractivity (Wildman–Crippen MR) is 104 cm³/mol. The highest BCUT2D eigenvalue weighted by molar-refractivity contribution is 6.34. The highest BCUT2D eigenvalue weighted by Crippen LogP contribution is 2.28. The average molecular weight is 362 g/mol. The van der Waals surface area contributed by atoms with E-state index in [0.717, 1.165) is 40.9 Å². The fourth-order valence-electron chi connectivity index (χ4n) is 2.97. The molecule has 1 aliphatic carbocycles. The molecule has 0 amide bonds. The van der Waals surface area contributed by atoms with Gasteiger partial charge in [-0.25, -0.2) is 4.79 Å². The molecular formula is C23H22O4.